The Bertz CT molecular complexity index is 345. The second-order valence-corrected chi connectivity index (χ2v) is 5.53. The van der Waals surface area contributed by atoms with Crippen molar-refractivity contribution in [1.29, 1.82) is 0 Å². The van der Waals surface area contributed by atoms with E-state index in [2.05, 4.69) is 6.92 Å². The number of carbonyl (C=O) groups is 2. The molecule has 1 rings (SSSR count). The van der Waals surface area contributed by atoms with E-state index >= 15 is 0 Å². The first-order chi connectivity index (χ1) is 10.7. The van der Waals surface area contributed by atoms with Gasteiger partial charge in [-0.25, -0.2) is 9.59 Å². The Morgan fingerprint density at radius 2 is 1.73 bits per heavy atom. The van der Waals surface area contributed by atoms with Gasteiger partial charge < -0.3 is 14.2 Å². The molecule has 0 amide bonds. The molecule has 0 aliphatic carbocycles. The molecule has 5 nitrogen and oxygen atoms in total. The first-order valence-corrected chi connectivity index (χ1v) is 8.35. The lowest BCUT2D eigenvalue weighted by Gasteiger charge is -2.08. The zero-order valence-corrected chi connectivity index (χ0v) is 13.6. The van der Waals surface area contributed by atoms with Crippen molar-refractivity contribution in [2.75, 3.05) is 19.8 Å². The van der Waals surface area contributed by atoms with Crippen molar-refractivity contribution in [1.82, 2.24) is 0 Å². The molecule has 0 aromatic carbocycles. The minimum absolute atomic E-state index is 0.00277. The van der Waals surface area contributed by atoms with Gasteiger partial charge in [0.05, 0.1) is 12.7 Å². The van der Waals surface area contributed by atoms with Crippen LogP contribution in [-0.4, -0.2) is 37.9 Å². The van der Waals surface area contributed by atoms with Gasteiger partial charge in [0, 0.05) is 18.8 Å². The molecule has 0 saturated carbocycles. The highest BCUT2D eigenvalue weighted by atomic mass is 16.6. The van der Waals surface area contributed by atoms with E-state index in [-0.39, 0.29) is 12.7 Å². The summed E-state index contributed by atoms with van der Waals surface area (Å²) in [5, 5.41) is 0. The van der Waals surface area contributed by atoms with E-state index in [1.54, 1.807) is 0 Å². The monoisotopic (exact) mass is 312 g/mol. The van der Waals surface area contributed by atoms with Crippen LogP contribution in [-0.2, 0) is 23.8 Å². The Morgan fingerprint density at radius 3 is 2.41 bits per heavy atom. The van der Waals surface area contributed by atoms with Gasteiger partial charge >= 0.3 is 11.9 Å². The Labute approximate surface area is 133 Å². The van der Waals surface area contributed by atoms with E-state index in [0.29, 0.717) is 6.61 Å². The smallest absolute Gasteiger partial charge is 0.331 e. The summed E-state index contributed by atoms with van der Waals surface area (Å²) in [4.78, 5) is 22.8. The molecule has 0 radical (unpaired) electrons. The van der Waals surface area contributed by atoms with Gasteiger partial charge in [-0.05, 0) is 19.3 Å². The van der Waals surface area contributed by atoms with E-state index < -0.39 is 11.9 Å². The first-order valence-electron chi connectivity index (χ1n) is 8.35. The molecule has 1 saturated heterocycles. The molecule has 126 valence electrons. The van der Waals surface area contributed by atoms with E-state index in [4.69, 9.17) is 14.2 Å². The van der Waals surface area contributed by atoms with Crippen molar-refractivity contribution in [2.24, 2.45) is 0 Å². The van der Waals surface area contributed by atoms with E-state index in [1.165, 1.54) is 25.7 Å². The van der Waals surface area contributed by atoms with E-state index in [0.717, 1.165) is 44.4 Å². The Morgan fingerprint density at radius 1 is 1.05 bits per heavy atom. The van der Waals surface area contributed by atoms with Crippen molar-refractivity contribution in [3.63, 3.8) is 0 Å². The topological polar surface area (TPSA) is 61.8 Å². The molecule has 1 atom stereocenters. The van der Waals surface area contributed by atoms with Crippen molar-refractivity contribution in [2.45, 2.75) is 64.4 Å². The van der Waals surface area contributed by atoms with Crippen LogP contribution >= 0.6 is 0 Å². The molecule has 1 heterocycles. The van der Waals surface area contributed by atoms with Crippen molar-refractivity contribution in [3.8, 4) is 0 Å². The number of esters is 2. The van der Waals surface area contributed by atoms with Crippen LogP contribution < -0.4 is 0 Å². The number of hydrogen-bond acceptors (Lipinski definition) is 5. The van der Waals surface area contributed by atoms with Gasteiger partial charge in [0.25, 0.3) is 0 Å². The summed E-state index contributed by atoms with van der Waals surface area (Å²) in [6, 6.07) is 0. The van der Waals surface area contributed by atoms with Crippen molar-refractivity contribution >= 4 is 11.9 Å². The predicted octanol–water partition coefficient (Wildman–Crippen LogP) is 3.17. The summed E-state index contributed by atoms with van der Waals surface area (Å²) in [7, 11) is 0. The van der Waals surface area contributed by atoms with Gasteiger partial charge in [-0.1, -0.05) is 39.0 Å². The zero-order valence-electron chi connectivity index (χ0n) is 13.6. The molecule has 0 N–H and O–H groups in total. The van der Waals surface area contributed by atoms with Gasteiger partial charge in [0.2, 0.25) is 0 Å². The predicted molar refractivity (Wildman–Crippen MR) is 83.4 cm³/mol. The lowest BCUT2D eigenvalue weighted by Crippen LogP contribution is -2.16. The second kappa shape index (κ2) is 12.2. The largest absolute Gasteiger partial charge is 0.463 e. The first kappa shape index (κ1) is 18.7. The number of carbonyl (C=O) groups excluding carboxylic acids is 2. The molecule has 5 heteroatoms. The molecule has 1 aliphatic rings. The Hall–Kier alpha value is -1.36. The third-order valence-corrected chi connectivity index (χ3v) is 3.53. The maximum absolute atomic E-state index is 11.4. The van der Waals surface area contributed by atoms with Crippen molar-refractivity contribution in [3.05, 3.63) is 12.2 Å². The van der Waals surface area contributed by atoms with Crippen LogP contribution in [0.15, 0.2) is 12.2 Å². The zero-order chi connectivity index (χ0) is 16.0. The van der Waals surface area contributed by atoms with Gasteiger partial charge in [0.1, 0.15) is 6.61 Å². The number of rotatable bonds is 11. The summed E-state index contributed by atoms with van der Waals surface area (Å²) in [6.07, 6.45) is 11.0. The minimum Gasteiger partial charge on any atom is -0.463 e. The summed E-state index contributed by atoms with van der Waals surface area (Å²) >= 11 is 0. The molecule has 0 aromatic heterocycles. The maximum Gasteiger partial charge on any atom is 0.331 e. The van der Waals surface area contributed by atoms with E-state index in [1.807, 2.05) is 0 Å². The average Bonchev–Trinajstić information content (AvgIpc) is 3.03. The second-order valence-electron chi connectivity index (χ2n) is 5.53. The van der Waals surface area contributed by atoms with Crippen LogP contribution in [0.25, 0.3) is 0 Å². The van der Waals surface area contributed by atoms with Crippen LogP contribution in [0.1, 0.15) is 58.3 Å². The molecular formula is C17H28O5. The Kier molecular flexibility index (Phi) is 10.4. The molecule has 1 unspecified atom stereocenters. The highest BCUT2D eigenvalue weighted by molar-refractivity contribution is 5.91. The van der Waals surface area contributed by atoms with Gasteiger partial charge in [-0.15, -0.1) is 0 Å². The van der Waals surface area contributed by atoms with Gasteiger partial charge in [0.15, 0.2) is 0 Å². The van der Waals surface area contributed by atoms with Crippen molar-refractivity contribution < 1.29 is 23.8 Å². The standard InChI is InChI=1S/C17H28O5/c1-2-3-4-5-6-7-12-21-16(18)10-11-17(19)22-14-15-9-8-13-20-15/h10-11,15H,2-9,12-14H2,1H3/b11-10+. The molecule has 1 aliphatic heterocycles. The summed E-state index contributed by atoms with van der Waals surface area (Å²) in [5.41, 5.74) is 0. The summed E-state index contributed by atoms with van der Waals surface area (Å²) in [5.74, 6) is -1.03. The van der Waals surface area contributed by atoms with E-state index in [9.17, 15) is 9.59 Å². The molecule has 0 bridgehead atoms. The number of ether oxygens (including phenoxy) is 3. The lowest BCUT2D eigenvalue weighted by molar-refractivity contribution is -0.142. The SMILES string of the molecule is CCCCCCCCOC(=O)/C=C/C(=O)OCC1CCCO1. The highest BCUT2D eigenvalue weighted by Gasteiger charge is 2.16. The number of unbranched alkanes of at least 4 members (excludes halogenated alkanes) is 5. The third kappa shape index (κ3) is 9.55. The maximum atomic E-state index is 11.4. The third-order valence-electron chi connectivity index (χ3n) is 3.53. The van der Waals surface area contributed by atoms with Gasteiger partial charge in [-0.2, -0.15) is 0 Å². The fraction of sp³-hybridized carbons (Fsp3) is 0.765. The van der Waals surface area contributed by atoms with Crippen LogP contribution in [0.4, 0.5) is 0 Å². The lowest BCUT2D eigenvalue weighted by atomic mass is 10.1. The quantitative estimate of drug-likeness (QED) is 0.333. The minimum atomic E-state index is -0.535. The van der Waals surface area contributed by atoms with Crippen LogP contribution in [0.5, 0.6) is 0 Å². The van der Waals surface area contributed by atoms with Crippen LogP contribution in [0.2, 0.25) is 0 Å². The Balaban J connectivity index is 1.99. The summed E-state index contributed by atoms with van der Waals surface area (Å²) in [6.45, 7) is 3.55. The molecule has 0 spiro atoms. The van der Waals surface area contributed by atoms with Gasteiger partial charge in [-0.3, -0.25) is 0 Å². The summed E-state index contributed by atoms with van der Waals surface area (Å²) < 4.78 is 15.4. The fourth-order valence-electron chi connectivity index (χ4n) is 2.24. The van der Waals surface area contributed by atoms with Crippen LogP contribution in [0, 0.1) is 0 Å². The molecule has 0 aromatic rings. The normalized spacial score (nSPS) is 17.8. The van der Waals surface area contributed by atoms with Crippen LogP contribution in [0.3, 0.4) is 0 Å². The fourth-order valence-corrected chi connectivity index (χ4v) is 2.24. The highest BCUT2D eigenvalue weighted by Crippen LogP contribution is 2.12. The molecular weight excluding hydrogens is 284 g/mol. The molecule has 1 fully saturated rings. The average molecular weight is 312 g/mol. The molecule has 22 heavy (non-hydrogen) atoms. The number of hydrogen-bond donors (Lipinski definition) is 0.